The third kappa shape index (κ3) is 6.08. The number of halogens is 1. The lowest BCUT2D eigenvalue weighted by Crippen LogP contribution is -2.14. The lowest BCUT2D eigenvalue weighted by Gasteiger charge is -2.12. The number of rotatable bonds is 6. The van der Waals surface area contributed by atoms with Gasteiger partial charge in [-0.25, -0.2) is 0 Å². The molecule has 14 heavy (non-hydrogen) atoms. The summed E-state index contributed by atoms with van der Waals surface area (Å²) in [6, 6.07) is 1.30. The molecule has 0 spiro atoms. The molecule has 0 radical (unpaired) electrons. The van der Waals surface area contributed by atoms with E-state index in [-0.39, 0.29) is 0 Å². The Labute approximate surface area is 95.1 Å². The van der Waals surface area contributed by atoms with E-state index < -0.39 is 7.38 Å². The molecule has 0 amide bonds. The fourth-order valence-corrected chi connectivity index (χ4v) is 3.95. The fraction of sp³-hybridized carbons (Fsp3) is 1.00. The topological polar surface area (TPSA) is 0 Å². The number of hydrogen-bond acceptors (Lipinski definition) is 0. The summed E-state index contributed by atoms with van der Waals surface area (Å²) in [4.78, 5) is 0. The van der Waals surface area contributed by atoms with Gasteiger partial charge in [-0.3, -0.25) is 0 Å². The van der Waals surface area contributed by atoms with Crippen LogP contribution in [0.1, 0.15) is 51.4 Å². The zero-order valence-electron chi connectivity index (χ0n) is 9.82. The second-order valence-corrected chi connectivity index (χ2v) is 12.5. The Bertz CT molecular complexity index is 145. The van der Waals surface area contributed by atoms with Gasteiger partial charge in [0.2, 0.25) is 0 Å². The van der Waals surface area contributed by atoms with Gasteiger partial charge in [-0.1, -0.05) is 64.5 Å². The summed E-state index contributed by atoms with van der Waals surface area (Å²) in [5, 5.41) is 0. The largest absolute Gasteiger partial charge is 0.168 e. The minimum absolute atomic E-state index is 1.08. The van der Waals surface area contributed by atoms with Gasteiger partial charge in [0.1, 0.15) is 7.38 Å². The molecule has 0 saturated heterocycles. The highest BCUT2D eigenvalue weighted by atomic mass is 35.6. The van der Waals surface area contributed by atoms with Gasteiger partial charge in [0.15, 0.2) is 0 Å². The molecule has 0 aromatic carbocycles. The molecule has 0 bridgehead atoms. The molecule has 0 nitrogen and oxygen atoms in total. The quantitative estimate of drug-likeness (QED) is 0.336. The minimum Gasteiger partial charge on any atom is -0.168 e. The van der Waals surface area contributed by atoms with Gasteiger partial charge < -0.3 is 0 Å². The average molecular weight is 233 g/mol. The second kappa shape index (κ2) is 6.17. The first-order valence-electron chi connectivity index (χ1n) is 6.27. The van der Waals surface area contributed by atoms with Crippen LogP contribution in [0.15, 0.2) is 0 Å². The van der Waals surface area contributed by atoms with E-state index in [4.69, 9.17) is 11.1 Å². The van der Waals surface area contributed by atoms with Gasteiger partial charge in [-0.2, -0.15) is 11.1 Å². The molecule has 1 saturated carbocycles. The highest BCUT2D eigenvalue weighted by Crippen LogP contribution is 2.29. The maximum Gasteiger partial charge on any atom is 0.150 e. The molecule has 0 N–H and O–H groups in total. The van der Waals surface area contributed by atoms with Crippen LogP contribution in [0, 0.1) is 5.92 Å². The molecule has 0 aromatic rings. The minimum atomic E-state index is -1.27. The van der Waals surface area contributed by atoms with Crippen LogP contribution in [0.25, 0.3) is 0 Å². The summed E-state index contributed by atoms with van der Waals surface area (Å²) in [6.45, 7) is 4.51. The monoisotopic (exact) mass is 232 g/mol. The summed E-state index contributed by atoms with van der Waals surface area (Å²) >= 11 is 6.28. The van der Waals surface area contributed by atoms with Crippen LogP contribution in [0.2, 0.25) is 19.1 Å². The van der Waals surface area contributed by atoms with Gasteiger partial charge in [0.05, 0.1) is 0 Å². The van der Waals surface area contributed by atoms with E-state index in [9.17, 15) is 0 Å². The van der Waals surface area contributed by atoms with E-state index in [1.807, 2.05) is 0 Å². The Morgan fingerprint density at radius 1 is 1.07 bits per heavy atom. The normalized spacial score (nSPS) is 19.1. The SMILES string of the molecule is C[Si](C)(Cl)CCCCCC1CCCC1. The van der Waals surface area contributed by atoms with Gasteiger partial charge in [0.25, 0.3) is 0 Å². The Morgan fingerprint density at radius 3 is 2.29 bits per heavy atom. The summed E-state index contributed by atoms with van der Waals surface area (Å²) in [5.74, 6) is 1.08. The Kier molecular flexibility index (Phi) is 5.54. The van der Waals surface area contributed by atoms with Crippen LogP contribution in [0.4, 0.5) is 0 Å². The zero-order valence-corrected chi connectivity index (χ0v) is 11.6. The standard InChI is InChI=1S/C12H25ClSi/c1-14(2,13)11-7-3-4-8-12-9-5-6-10-12/h12H,3-11H2,1-2H3. The molecule has 1 aliphatic rings. The van der Waals surface area contributed by atoms with Crippen LogP contribution < -0.4 is 0 Å². The van der Waals surface area contributed by atoms with Crippen LogP contribution in [0.3, 0.4) is 0 Å². The second-order valence-electron chi connectivity index (χ2n) is 5.47. The van der Waals surface area contributed by atoms with Crippen molar-refractivity contribution in [3.8, 4) is 0 Å². The van der Waals surface area contributed by atoms with Crippen molar-refractivity contribution in [2.75, 3.05) is 0 Å². The Hall–Kier alpha value is 0.507. The smallest absolute Gasteiger partial charge is 0.150 e. The van der Waals surface area contributed by atoms with Gasteiger partial charge >= 0.3 is 0 Å². The first kappa shape index (κ1) is 12.6. The lowest BCUT2D eigenvalue weighted by atomic mass is 10.0. The predicted molar refractivity (Wildman–Crippen MR) is 68.6 cm³/mol. The molecule has 1 aliphatic carbocycles. The third-order valence-electron chi connectivity index (χ3n) is 3.36. The van der Waals surface area contributed by atoms with Crippen molar-refractivity contribution in [3.05, 3.63) is 0 Å². The number of unbranched alkanes of at least 4 members (excludes halogenated alkanes) is 2. The molecule has 2 heteroatoms. The Balaban J connectivity index is 1.89. The number of hydrogen-bond donors (Lipinski definition) is 0. The van der Waals surface area contributed by atoms with Crippen LogP contribution in [0.5, 0.6) is 0 Å². The van der Waals surface area contributed by atoms with Crippen LogP contribution in [-0.2, 0) is 0 Å². The van der Waals surface area contributed by atoms with Crippen molar-refractivity contribution in [3.63, 3.8) is 0 Å². The van der Waals surface area contributed by atoms with Crippen molar-refractivity contribution in [1.29, 1.82) is 0 Å². The first-order chi connectivity index (χ1) is 6.58. The van der Waals surface area contributed by atoms with Crippen LogP contribution >= 0.6 is 11.1 Å². The average Bonchev–Trinajstić information content (AvgIpc) is 2.54. The maximum absolute atomic E-state index is 6.28. The van der Waals surface area contributed by atoms with E-state index in [1.165, 1.54) is 57.4 Å². The molecule has 0 heterocycles. The molecule has 1 fully saturated rings. The molecule has 84 valence electrons. The van der Waals surface area contributed by atoms with E-state index in [0.717, 1.165) is 5.92 Å². The molecule has 0 atom stereocenters. The summed E-state index contributed by atoms with van der Waals surface area (Å²) in [5.41, 5.74) is 0. The summed E-state index contributed by atoms with van der Waals surface area (Å²) in [6.07, 6.45) is 11.7. The van der Waals surface area contributed by atoms with Crippen molar-refractivity contribution >= 4 is 18.5 Å². The third-order valence-corrected chi connectivity index (χ3v) is 5.47. The van der Waals surface area contributed by atoms with E-state index >= 15 is 0 Å². The van der Waals surface area contributed by atoms with E-state index in [1.54, 1.807) is 0 Å². The van der Waals surface area contributed by atoms with Gasteiger partial charge in [-0.15, -0.1) is 0 Å². The maximum atomic E-state index is 6.28. The van der Waals surface area contributed by atoms with Crippen molar-refractivity contribution in [2.45, 2.75) is 70.5 Å². The molecule has 0 aliphatic heterocycles. The summed E-state index contributed by atoms with van der Waals surface area (Å²) < 4.78 is 0. The lowest BCUT2D eigenvalue weighted by molar-refractivity contribution is 0.471. The molecular formula is C12H25ClSi. The zero-order chi connectivity index (χ0) is 10.4. The van der Waals surface area contributed by atoms with E-state index in [2.05, 4.69) is 13.1 Å². The fourth-order valence-electron chi connectivity index (χ4n) is 2.45. The van der Waals surface area contributed by atoms with Crippen molar-refractivity contribution in [1.82, 2.24) is 0 Å². The predicted octanol–water partition coefficient (Wildman–Crippen LogP) is 5.18. The highest BCUT2D eigenvalue weighted by Gasteiger charge is 2.16. The molecular weight excluding hydrogens is 208 g/mol. The Morgan fingerprint density at radius 2 is 1.71 bits per heavy atom. The van der Waals surface area contributed by atoms with Gasteiger partial charge in [-0.05, 0) is 12.0 Å². The first-order valence-corrected chi connectivity index (χ1v) is 10.5. The highest BCUT2D eigenvalue weighted by molar-refractivity contribution is 7.19. The van der Waals surface area contributed by atoms with Crippen LogP contribution in [-0.4, -0.2) is 7.38 Å². The van der Waals surface area contributed by atoms with E-state index in [0.29, 0.717) is 0 Å². The van der Waals surface area contributed by atoms with Crippen molar-refractivity contribution < 1.29 is 0 Å². The molecule has 0 unspecified atom stereocenters. The molecule has 0 aromatic heterocycles. The summed E-state index contributed by atoms with van der Waals surface area (Å²) in [7, 11) is -1.27. The van der Waals surface area contributed by atoms with Gasteiger partial charge in [0, 0.05) is 0 Å². The molecule has 1 rings (SSSR count). The van der Waals surface area contributed by atoms with Crippen molar-refractivity contribution in [2.24, 2.45) is 5.92 Å².